The molecule has 0 spiro atoms. The molecule has 5 N–H and O–H groups in total. The van der Waals surface area contributed by atoms with Crippen LogP contribution in [0, 0.1) is 0 Å². The van der Waals surface area contributed by atoms with E-state index in [1.165, 1.54) is 18.2 Å². The first-order valence-electron chi connectivity index (χ1n) is 11.2. The zero-order chi connectivity index (χ0) is 27.2. The lowest BCUT2D eigenvalue weighted by molar-refractivity contribution is -0.111. The molecule has 9 nitrogen and oxygen atoms in total. The first kappa shape index (κ1) is 26.6. The quantitative estimate of drug-likeness (QED) is 0.167. The van der Waals surface area contributed by atoms with Crippen molar-refractivity contribution in [3.63, 3.8) is 0 Å². The van der Waals surface area contributed by atoms with Gasteiger partial charge in [0.05, 0.1) is 12.1 Å². The lowest BCUT2D eigenvalue weighted by atomic mass is 10.1. The maximum absolute atomic E-state index is 12.5. The number of carbonyl (C=O) groups excluding carboxylic acids is 2. The SMILES string of the molecule is COc1ccc(NC(=O)NCc2ccc(NC(=O)/C=C/c3c(C(=O)O)[nH]c4cc(Cl)cc(Cl)c34)cc2)cc1. The van der Waals surface area contributed by atoms with Gasteiger partial charge in [-0.3, -0.25) is 4.79 Å². The maximum Gasteiger partial charge on any atom is 0.352 e. The monoisotopic (exact) mass is 552 g/mol. The van der Waals surface area contributed by atoms with Crippen molar-refractivity contribution in [2.24, 2.45) is 0 Å². The van der Waals surface area contributed by atoms with Crippen molar-refractivity contribution in [3.05, 3.63) is 93.6 Å². The molecule has 4 rings (SSSR count). The van der Waals surface area contributed by atoms with Gasteiger partial charge < -0.3 is 30.8 Å². The summed E-state index contributed by atoms with van der Waals surface area (Å²) >= 11 is 12.3. The van der Waals surface area contributed by atoms with E-state index in [2.05, 4.69) is 20.9 Å². The lowest BCUT2D eigenvalue weighted by Crippen LogP contribution is -2.28. The normalized spacial score (nSPS) is 10.9. The van der Waals surface area contributed by atoms with Crippen LogP contribution in [0.2, 0.25) is 10.0 Å². The van der Waals surface area contributed by atoms with Gasteiger partial charge in [0.2, 0.25) is 5.91 Å². The molecule has 0 aliphatic heterocycles. The van der Waals surface area contributed by atoms with E-state index >= 15 is 0 Å². The molecule has 1 heterocycles. The molecule has 0 unspecified atom stereocenters. The van der Waals surface area contributed by atoms with Gasteiger partial charge in [0.1, 0.15) is 11.4 Å². The number of amides is 3. The van der Waals surface area contributed by atoms with Crippen LogP contribution in [0.25, 0.3) is 17.0 Å². The van der Waals surface area contributed by atoms with Gasteiger partial charge in [-0.15, -0.1) is 0 Å². The number of hydrogen-bond donors (Lipinski definition) is 5. The highest BCUT2D eigenvalue weighted by molar-refractivity contribution is 6.39. The summed E-state index contributed by atoms with van der Waals surface area (Å²) in [4.78, 5) is 39.1. The summed E-state index contributed by atoms with van der Waals surface area (Å²) in [6.07, 6.45) is 2.61. The van der Waals surface area contributed by atoms with Gasteiger partial charge in [0, 0.05) is 45.5 Å². The third-order valence-electron chi connectivity index (χ3n) is 5.49. The number of fused-ring (bicyclic) bond motifs is 1. The molecule has 0 fully saturated rings. The predicted molar refractivity (Wildman–Crippen MR) is 148 cm³/mol. The topological polar surface area (TPSA) is 133 Å². The minimum Gasteiger partial charge on any atom is -0.497 e. The lowest BCUT2D eigenvalue weighted by Gasteiger charge is -2.09. The summed E-state index contributed by atoms with van der Waals surface area (Å²) in [7, 11) is 1.57. The summed E-state index contributed by atoms with van der Waals surface area (Å²) < 4.78 is 5.09. The fraction of sp³-hybridized carbons (Fsp3) is 0.0741. The molecule has 0 saturated heterocycles. The number of halogens is 2. The van der Waals surface area contributed by atoms with Gasteiger partial charge in [0.25, 0.3) is 0 Å². The van der Waals surface area contributed by atoms with Crippen LogP contribution in [0.15, 0.2) is 66.7 Å². The Morgan fingerprint density at radius 2 is 1.63 bits per heavy atom. The Hall–Kier alpha value is -4.47. The second kappa shape index (κ2) is 11.7. The number of anilines is 2. The highest BCUT2D eigenvalue weighted by Crippen LogP contribution is 2.33. The molecule has 0 saturated carbocycles. The van der Waals surface area contributed by atoms with Gasteiger partial charge >= 0.3 is 12.0 Å². The third kappa shape index (κ3) is 6.44. The number of rotatable bonds is 8. The summed E-state index contributed by atoms with van der Waals surface area (Å²) in [6, 6.07) is 16.6. The first-order valence-corrected chi connectivity index (χ1v) is 12.0. The predicted octanol–water partition coefficient (Wildman–Crippen LogP) is 6.16. The number of aromatic amines is 1. The van der Waals surface area contributed by atoms with Crippen LogP contribution in [0.3, 0.4) is 0 Å². The van der Waals surface area contributed by atoms with Crippen LogP contribution in [0.5, 0.6) is 5.75 Å². The zero-order valence-corrected chi connectivity index (χ0v) is 21.5. The minimum absolute atomic E-state index is 0.110. The molecule has 3 aromatic carbocycles. The van der Waals surface area contributed by atoms with Crippen molar-refractivity contribution >= 4 is 69.5 Å². The van der Waals surface area contributed by atoms with Crippen LogP contribution in [-0.2, 0) is 11.3 Å². The number of H-pyrrole nitrogens is 1. The van der Waals surface area contributed by atoms with E-state index in [4.69, 9.17) is 27.9 Å². The number of aromatic nitrogens is 1. The number of urea groups is 1. The number of hydrogen-bond acceptors (Lipinski definition) is 4. The molecule has 11 heteroatoms. The summed E-state index contributed by atoms with van der Waals surface area (Å²) in [5.41, 5.74) is 2.57. The third-order valence-corrected chi connectivity index (χ3v) is 6.01. The molecular weight excluding hydrogens is 531 g/mol. The summed E-state index contributed by atoms with van der Waals surface area (Å²) in [5, 5.41) is 18.8. The molecule has 38 heavy (non-hydrogen) atoms. The second-order valence-electron chi connectivity index (χ2n) is 8.08. The number of carboxylic acids is 1. The van der Waals surface area contributed by atoms with Crippen molar-refractivity contribution < 1.29 is 24.2 Å². The Morgan fingerprint density at radius 3 is 2.29 bits per heavy atom. The maximum atomic E-state index is 12.5. The van der Waals surface area contributed by atoms with Crippen molar-refractivity contribution in [2.45, 2.75) is 6.54 Å². The number of aromatic carboxylic acids is 1. The van der Waals surface area contributed by atoms with Crippen molar-refractivity contribution in [1.82, 2.24) is 10.3 Å². The Bertz CT molecular complexity index is 1530. The Balaban J connectivity index is 1.35. The Labute approximate surface area is 227 Å². The Kier molecular flexibility index (Phi) is 8.20. The van der Waals surface area contributed by atoms with E-state index < -0.39 is 11.9 Å². The minimum atomic E-state index is -1.20. The molecule has 0 bridgehead atoms. The van der Waals surface area contributed by atoms with Gasteiger partial charge in [-0.25, -0.2) is 9.59 Å². The molecular formula is C27H22Cl2N4O5. The molecule has 4 aromatic rings. The van der Waals surface area contributed by atoms with Crippen LogP contribution >= 0.6 is 23.2 Å². The van der Waals surface area contributed by atoms with E-state index in [1.807, 2.05) is 0 Å². The van der Waals surface area contributed by atoms with Crippen molar-refractivity contribution in [3.8, 4) is 5.75 Å². The molecule has 0 radical (unpaired) electrons. The number of benzene rings is 3. The largest absolute Gasteiger partial charge is 0.497 e. The number of nitrogens with one attached hydrogen (secondary N) is 4. The number of carbonyl (C=O) groups is 3. The van der Waals surface area contributed by atoms with Crippen LogP contribution in [-0.4, -0.2) is 35.1 Å². The zero-order valence-electron chi connectivity index (χ0n) is 20.0. The highest BCUT2D eigenvalue weighted by atomic mass is 35.5. The van der Waals surface area contributed by atoms with Crippen LogP contribution in [0.1, 0.15) is 21.6 Å². The van der Waals surface area contributed by atoms with Gasteiger partial charge in [0.15, 0.2) is 0 Å². The highest BCUT2D eigenvalue weighted by Gasteiger charge is 2.18. The smallest absolute Gasteiger partial charge is 0.352 e. The average Bonchev–Trinajstić information content (AvgIpc) is 3.26. The molecule has 0 aliphatic rings. The number of carboxylic acid groups (broad SMARTS) is 1. The molecule has 3 amide bonds. The number of methoxy groups -OCH3 is 1. The summed E-state index contributed by atoms with van der Waals surface area (Å²) in [5.74, 6) is -0.975. The van der Waals surface area contributed by atoms with Crippen molar-refractivity contribution in [2.75, 3.05) is 17.7 Å². The van der Waals surface area contributed by atoms with Crippen LogP contribution < -0.4 is 20.7 Å². The fourth-order valence-electron chi connectivity index (χ4n) is 3.69. The van der Waals surface area contributed by atoms with E-state index in [1.54, 1.807) is 61.7 Å². The molecule has 0 aliphatic carbocycles. The Morgan fingerprint density at radius 1 is 0.974 bits per heavy atom. The van der Waals surface area contributed by atoms with E-state index in [9.17, 15) is 19.5 Å². The first-order chi connectivity index (χ1) is 18.2. The standard InChI is InChI=1S/C27H22Cl2N4O5/c1-38-19-8-6-18(7-9-19)32-27(37)30-14-15-2-4-17(5-3-15)31-23(34)11-10-20-24-21(29)12-16(28)13-22(24)33-25(20)26(35)36/h2-13,33H,14H2,1H3,(H,31,34)(H,35,36)(H2,30,32,37)/b11-10+. The van der Waals surface area contributed by atoms with Crippen LogP contribution in [0.4, 0.5) is 16.2 Å². The van der Waals surface area contributed by atoms with E-state index in [-0.39, 0.29) is 28.9 Å². The molecule has 1 aromatic heterocycles. The number of ether oxygens (including phenoxy) is 1. The van der Waals surface area contributed by atoms with E-state index in [0.29, 0.717) is 33.0 Å². The van der Waals surface area contributed by atoms with Crippen molar-refractivity contribution in [1.29, 1.82) is 0 Å². The van der Waals surface area contributed by atoms with Gasteiger partial charge in [-0.2, -0.15) is 0 Å². The van der Waals surface area contributed by atoms with Gasteiger partial charge in [-0.05, 0) is 60.2 Å². The fourth-order valence-corrected chi connectivity index (χ4v) is 4.28. The van der Waals surface area contributed by atoms with E-state index in [0.717, 1.165) is 5.56 Å². The molecule has 194 valence electrons. The molecule has 0 atom stereocenters. The summed E-state index contributed by atoms with van der Waals surface area (Å²) in [6.45, 7) is 0.277. The average molecular weight is 553 g/mol. The van der Waals surface area contributed by atoms with Gasteiger partial charge in [-0.1, -0.05) is 35.3 Å². The second-order valence-corrected chi connectivity index (χ2v) is 8.93.